The van der Waals surface area contributed by atoms with Gasteiger partial charge in [-0.15, -0.1) is 0 Å². The van der Waals surface area contributed by atoms with Crippen molar-refractivity contribution in [3.63, 3.8) is 0 Å². The number of amides is 2. The fourth-order valence-corrected chi connectivity index (χ4v) is 3.81. The number of carbonyl (C=O) groups excluding carboxylic acids is 2. The number of likely N-dealkylation sites (tertiary alicyclic amines) is 1. The maximum atomic E-state index is 13.0. The van der Waals surface area contributed by atoms with E-state index in [0.717, 1.165) is 19.6 Å². The van der Waals surface area contributed by atoms with Crippen LogP contribution in [0, 0.1) is 0 Å². The van der Waals surface area contributed by atoms with Crippen molar-refractivity contribution < 1.29 is 14.3 Å². The molecule has 1 saturated heterocycles. The average Bonchev–Trinajstić information content (AvgIpc) is 3.37. The number of aromatic nitrogens is 3. The van der Waals surface area contributed by atoms with Gasteiger partial charge in [-0.2, -0.15) is 0 Å². The molecular weight excluding hydrogens is 408 g/mol. The number of hydrogen-bond acceptors (Lipinski definition) is 7. The summed E-state index contributed by atoms with van der Waals surface area (Å²) in [6.45, 7) is 5.87. The van der Waals surface area contributed by atoms with Crippen LogP contribution >= 0.6 is 11.6 Å². The van der Waals surface area contributed by atoms with Gasteiger partial charge in [-0.1, -0.05) is 11.6 Å². The summed E-state index contributed by atoms with van der Waals surface area (Å²) in [5, 5.41) is 0.437. The van der Waals surface area contributed by atoms with E-state index in [4.69, 9.17) is 16.3 Å². The lowest BCUT2D eigenvalue weighted by molar-refractivity contribution is 0.0584. The van der Waals surface area contributed by atoms with Gasteiger partial charge < -0.3 is 14.5 Å². The molecule has 10 heteroatoms. The van der Waals surface area contributed by atoms with Crippen LogP contribution in [0.15, 0.2) is 30.7 Å². The van der Waals surface area contributed by atoms with Crippen LogP contribution in [0.5, 0.6) is 0 Å². The topological polar surface area (TPSA) is 91.8 Å². The van der Waals surface area contributed by atoms with Crippen LogP contribution in [0.1, 0.15) is 42.2 Å². The Bertz CT molecular complexity index is 919. The molecule has 158 valence electrons. The van der Waals surface area contributed by atoms with Gasteiger partial charge in [-0.25, -0.2) is 19.7 Å². The zero-order chi connectivity index (χ0) is 21.1. The minimum atomic E-state index is -1.04. The molecule has 1 fully saturated rings. The van der Waals surface area contributed by atoms with E-state index in [-0.39, 0.29) is 5.69 Å². The van der Waals surface area contributed by atoms with E-state index in [9.17, 15) is 9.59 Å². The van der Waals surface area contributed by atoms with Crippen LogP contribution in [0.3, 0.4) is 0 Å². The van der Waals surface area contributed by atoms with Crippen LogP contribution in [0.25, 0.3) is 0 Å². The lowest BCUT2D eigenvalue weighted by Crippen LogP contribution is -2.40. The highest BCUT2D eigenvalue weighted by molar-refractivity contribution is 6.30. The predicted molar refractivity (Wildman–Crippen MR) is 110 cm³/mol. The van der Waals surface area contributed by atoms with Crippen molar-refractivity contribution in [3.8, 4) is 0 Å². The van der Waals surface area contributed by atoms with Gasteiger partial charge in [0.15, 0.2) is 5.69 Å². The average molecular weight is 431 g/mol. The van der Waals surface area contributed by atoms with Crippen LogP contribution < -0.4 is 4.90 Å². The Morgan fingerprint density at radius 2 is 2.00 bits per heavy atom. The molecule has 0 aromatic carbocycles. The lowest BCUT2D eigenvalue weighted by atomic mass is 10.3. The Labute approximate surface area is 179 Å². The zero-order valence-electron chi connectivity index (χ0n) is 16.7. The van der Waals surface area contributed by atoms with Crippen molar-refractivity contribution in [3.05, 3.63) is 47.1 Å². The summed E-state index contributed by atoms with van der Waals surface area (Å²) in [5.74, 6) is -0.118. The molecule has 4 heterocycles. The molecule has 2 aromatic rings. The molecule has 2 aromatic heterocycles. The van der Waals surface area contributed by atoms with Gasteiger partial charge in [0.25, 0.3) is 5.91 Å². The van der Waals surface area contributed by atoms with Gasteiger partial charge in [0.2, 0.25) is 6.23 Å². The molecule has 9 nitrogen and oxygen atoms in total. The van der Waals surface area contributed by atoms with Crippen molar-refractivity contribution in [1.82, 2.24) is 24.8 Å². The van der Waals surface area contributed by atoms with E-state index in [0.29, 0.717) is 29.6 Å². The number of anilines is 1. The van der Waals surface area contributed by atoms with E-state index in [1.165, 1.54) is 36.3 Å². The molecular formula is C20H23ClN6O3. The maximum absolute atomic E-state index is 13.0. The van der Waals surface area contributed by atoms with Crippen molar-refractivity contribution in [2.45, 2.75) is 26.0 Å². The number of carbonyl (C=O) groups is 2. The minimum absolute atomic E-state index is 0.146. The van der Waals surface area contributed by atoms with Gasteiger partial charge in [0, 0.05) is 38.2 Å². The largest absolute Gasteiger partial charge is 0.419 e. The third-order valence-corrected chi connectivity index (χ3v) is 5.54. The first-order chi connectivity index (χ1) is 14.6. The van der Waals surface area contributed by atoms with Gasteiger partial charge >= 0.3 is 6.09 Å². The number of likely N-dealkylation sites (N-methyl/N-ethyl adjacent to an activating group) is 1. The van der Waals surface area contributed by atoms with E-state index >= 15 is 0 Å². The Kier molecular flexibility index (Phi) is 6.10. The molecule has 0 radical (unpaired) electrons. The second kappa shape index (κ2) is 8.93. The molecule has 1 atom stereocenters. The SMILES string of the molecule is CCN(CCN1CCCC1)C(=O)O[C@@H]1c2nccnc2C(=O)N1c1ccc(Cl)cn1. The van der Waals surface area contributed by atoms with E-state index in [2.05, 4.69) is 19.9 Å². The summed E-state index contributed by atoms with van der Waals surface area (Å²) in [6, 6.07) is 3.21. The number of ether oxygens (including phenoxy) is 1. The molecule has 0 unspecified atom stereocenters. The summed E-state index contributed by atoms with van der Waals surface area (Å²) < 4.78 is 5.77. The lowest BCUT2D eigenvalue weighted by Gasteiger charge is -2.28. The van der Waals surface area contributed by atoms with Crippen LogP contribution in [0.4, 0.5) is 10.6 Å². The first kappa shape index (κ1) is 20.5. The van der Waals surface area contributed by atoms with Crippen molar-refractivity contribution >= 4 is 29.4 Å². The summed E-state index contributed by atoms with van der Waals surface area (Å²) in [7, 11) is 0. The predicted octanol–water partition coefficient (Wildman–Crippen LogP) is 2.74. The van der Waals surface area contributed by atoms with Gasteiger partial charge in [0.1, 0.15) is 11.5 Å². The molecule has 0 aliphatic carbocycles. The number of pyridine rings is 1. The first-order valence-corrected chi connectivity index (χ1v) is 10.4. The highest BCUT2D eigenvalue weighted by Crippen LogP contribution is 2.35. The molecule has 4 rings (SSSR count). The van der Waals surface area contributed by atoms with Crippen molar-refractivity contribution in [2.24, 2.45) is 0 Å². The molecule has 2 aliphatic rings. The minimum Gasteiger partial charge on any atom is -0.419 e. The third-order valence-electron chi connectivity index (χ3n) is 5.31. The maximum Gasteiger partial charge on any atom is 0.412 e. The summed E-state index contributed by atoms with van der Waals surface area (Å²) in [6.07, 6.45) is 5.18. The molecule has 0 spiro atoms. The number of nitrogens with zero attached hydrogens (tertiary/aromatic N) is 6. The Morgan fingerprint density at radius 3 is 2.70 bits per heavy atom. The Morgan fingerprint density at radius 1 is 1.23 bits per heavy atom. The van der Waals surface area contributed by atoms with E-state index in [1.807, 2.05) is 6.92 Å². The highest BCUT2D eigenvalue weighted by Gasteiger charge is 2.44. The molecule has 0 saturated carbocycles. The number of halogens is 1. The standard InChI is InChI=1S/C20H23ClN6O3/c1-2-26(12-11-25-9-3-4-10-25)20(29)30-19-17-16(22-7-8-23-17)18(28)27(19)15-6-5-14(21)13-24-15/h5-8,13,19H,2-4,9-12H2,1H3/t19-/m1/s1. The van der Waals surface area contributed by atoms with Crippen molar-refractivity contribution in [1.29, 1.82) is 0 Å². The second-order valence-electron chi connectivity index (χ2n) is 7.16. The van der Waals surface area contributed by atoms with Crippen LogP contribution in [0.2, 0.25) is 5.02 Å². The van der Waals surface area contributed by atoms with Crippen LogP contribution in [-0.4, -0.2) is 69.5 Å². The normalized spacial score (nSPS) is 18.5. The van der Waals surface area contributed by atoms with E-state index in [1.54, 1.807) is 17.0 Å². The second-order valence-corrected chi connectivity index (χ2v) is 7.60. The fraction of sp³-hybridized carbons (Fsp3) is 0.450. The fourth-order valence-electron chi connectivity index (χ4n) is 3.70. The zero-order valence-corrected chi connectivity index (χ0v) is 17.5. The molecule has 30 heavy (non-hydrogen) atoms. The third kappa shape index (κ3) is 4.08. The molecule has 2 amide bonds. The number of rotatable bonds is 6. The van der Waals surface area contributed by atoms with Gasteiger partial charge in [0.05, 0.1) is 5.02 Å². The highest BCUT2D eigenvalue weighted by atomic mass is 35.5. The Balaban J connectivity index is 1.55. The summed E-state index contributed by atoms with van der Waals surface area (Å²) in [4.78, 5) is 43.7. The monoisotopic (exact) mass is 430 g/mol. The van der Waals surface area contributed by atoms with E-state index < -0.39 is 18.2 Å². The first-order valence-electron chi connectivity index (χ1n) is 10.0. The Hall–Kier alpha value is -2.78. The van der Waals surface area contributed by atoms with Gasteiger partial charge in [-0.3, -0.25) is 9.78 Å². The summed E-state index contributed by atoms with van der Waals surface area (Å²) >= 11 is 5.93. The van der Waals surface area contributed by atoms with Gasteiger partial charge in [-0.05, 0) is 45.0 Å². The number of fused-ring (bicyclic) bond motifs is 1. The smallest absolute Gasteiger partial charge is 0.412 e. The molecule has 0 bridgehead atoms. The number of hydrogen-bond donors (Lipinski definition) is 0. The molecule has 2 aliphatic heterocycles. The summed E-state index contributed by atoms with van der Waals surface area (Å²) in [5.41, 5.74) is 0.440. The quantitative estimate of drug-likeness (QED) is 0.695. The van der Waals surface area contributed by atoms with Crippen LogP contribution in [-0.2, 0) is 4.74 Å². The van der Waals surface area contributed by atoms with Crippen molar-refractivity contribution in [2.75, 3.05) is 37.6 Å². The molecule has 0 N–H and O–H groups in total.